The monoisotopic (exact) mass is 240 g/mol. The van der Waals surface area contributed by atoms with Crippen LogP contribution < -0.4 is 5.46 Å². The molecule has 0 aromatic heterocycles. The summed E-state index contributed by atoms with van der Waals surface area (Å²) in [5.41, 5.74) is 3.34. The lowest BCUT2D eigenvalue weighted by Gasteiger charge is -2.12. The van der Waals surface area contributed by atoms with Crippen LogP contribution in [0.4, 0.5) is 0 Å². The largest absolute Gasteiger partial charge is 0.491 e. The molecule has 4 heteroatoms. The normalized spacial score (nSPS) is 15.6. The van der Waals surface area contributed by atoms with Crippen LogP contribution in [0, 0.1) is 0 Å². The van der Waals surface area contributed by atoms with Crippen LogP contribution in [-0.4, -0.2) is 17.2 Å². The van der Waals surface area contributed by atoms with Crippen molar-refractivity contribution < 1.29 is 14.8 Å². The third kappa shape index (κ3) is 1.95. The van der Waals surface area contributed by atoms with Crippen molar-refractivity contribution in [3.8, 4) is 0 Å². The fraction of sp³-hybridized carbons (Fsp3) is 0.143. The molecule has 2 aromatic carbocycles. The van der Waals surface area contributed by atoms with Crippen molar-refractivity contribution in [3.63, 3.8) is 0 Å². The van der Waals surface area contributed by atoms with Crippen LogP contribution in [0.3, 0.4) is 0 Å². The van der Waals surface area contributed by atoms with Gasteiger partial charge in [0.05, 0.1) is 6.61 Å². The molecule has 3 rings (SSSR count). The quantitative estimate of drug-likeness (QED) is 0.769. The second-order valence-corrected chi connectivity index (χ2v) is 4.43. The third-order valence-electron chi connectivity index (χ3n) is 3.26. The van der Waals surface area contributed by atoms with Crippen molar-refractivity contribution in [1.29, 1.82) is 0 Å². The Kier molecular flexibility index (Phi) is 2.92. The number of hydrogen-bond donors (Lipinski definition) is 2. The van der Waals surface area contributed by atoms with Crippen molar-refractivity contribution in [1.82, 2.24) is 0 Å². The van der Waals surface area contributed by atoms with Gasteiger partial charge >= 0.3 is 7.12 Å². The second kappa shape index (κ2) is 4.57. The molecule has 0 fully saturated rings. The fourth-order valence-corrected chi connectivity index (χ4v) is 2.23. The Morgan fingerprint density at radius 2 is 1.83 bits per heavy atom. The molecule has 2 N–H and O–H groups in total. The van der Waals surface area contributed by atoms with E-state index in [1.54, 1.807) is 0 Å². The summed E-state index contributed by atoms with van der Waals surface area (Å²) < 4.78 is 5.14. The van der Waals surface area contributed by atoms with E-state index in [1.165, 1.54) is 0 Å². The zero-order valence-electron chi connectivity index (χ0n) is 9.78. The van der Waals surface area contributed by atoms with E-state index in [0.717, 1.165) is 22.2 Å². The van der Waals surface area contributed by atoms with Crippen LogP contribution in [0.15, 0.2) is 48.5 Å². The van der Waals surface area contributed by atoms with Gasteiger partial charge < -0.3 is 14.8 Å². The van der Waals surface area contributed by atoms with Gasteiger partial charge in [0.2, 0.25) is 0 Å². The molecule has 2 aromatic rings. The summed E-state index contributed by atoms with van der Waals surface area (Å²) >= 11 is 0. The molecule has 0 spiro atoms. The Morgan fingerprint density at radius 3 is 2.61 bits per heavy atom. The van der Waals surface area contributed by atoms with E-state index in [1.807, 2.05) is 48.5 Å². The lowest BCUT2D eigenvalue weighted by atomic mass is 9.78. The molecule has 1 heterocycles. The summed E-state index contributed by atoms with van der Waals surface area (Å²) in [6, 6.07) is 15.0. The van der Waals surface area contributed by atoms with E-state index in [0.29, 0.717) is 6.61 Å². The molecule has 1 aliphatic rings. The van der Waals surface area contributed by atoms with E-state index < -0.39 is 13.2 Å². The minimum absolute atomic E-state index is 0.429. The minimum atomic E-state index is -0.872. The fourth-order valence-electron chi connectivity index (χ4n) is 2.23. The van der Waals surface area contributed by atoms with Crippen molar-refractivity contribution in [2.45, 2.75) is 12.7 Å². The lowest BCUT2D eigenvalue weighted by molar-refractivity contribution is 0.220. The van der Waals surface area contributed by atoms with Gasteiger partial charge in [-0.15, -0.1) is 0 Å². The summed E-state index contributed by atoms with van der Waals surface area (Å²) in [7, 11) is -0.872. The Balaban J connectivity index is 1.96. The summed E-state index contributed by atoms with van der Waals surface area (Å²) in [5.74, 6) is 0. The van der Waals surface area contributed by atoms with E-state index in [4.69, 9.17) is 4.65 Å². The number of benzene rings is 2. The first-order chi connectivity index (χ1) is 8.75. The second-order valence-electron chi connectivity index (χ2n) is 4.43. The van der Waals surface area contributed by atoms with Gasteiger partial charge in [-0.05, 0) is 22.2 Å². The van der Waals surface area contributed by atoms with Crippen molar-refractivity contribution in [3.05, 3.63) is 65.2 Å². The highest BCUT2D eigenvalue weighted by Crippen LogP contribution is 2.22. The number of aliphatic hydroxyl groups is 1. The first kappa shape index (κ1) is 11.5. The van der Waals surface area contributed by atoms with Crippen LogP contribution >= 0.6 is 0 Å². The molecule has 18 heavy (non-hydrogen) atoms. The number of rotatable bonds is 2. The topological polar surface area (TPSA) is 49.7 Å². The maximum absolute atomic E-state index is 10.3. The van der Waals surface area contributed by atoms with Crippen LogP contribution in [0.25, 0.3) is 0 Å². The zero-order valence-corrected chi connectivity index (χ0v) is 9.78. The van der Waals surface area contributed by atoms with Gasteiger partial charge in [0.25, 0.3) is 0 Å². The highest BCUT2D eigenvalue weighted by Gasteiger charge is 2.28. The van der Waals surface area contributed by atoms with E-state index in [-0.39, 0.29) is 0 Å². The lowest BCUT2D eigenvalue weighted by Crippen LogP contribution is -2.28. The Hall–Kier alpha value is -1.62. The van der Waals surface area contributed by atoms with Gasteiger partial charge in [0, 0.05) is 0 Å². The zero-order chi connectivity index (χ0) is 12.5. The Bertz CT molecular complexity index is 556. The summed E-state index contributed by atoms with van der Waals surface area (Å²) in [4.78, 5) is 0. The van der Waals surface area contributed by atoms with Crippen LogP contribution in [0.1, 0.15) is 22.8 Å². The van der Waals surface area contributed by atoms with Crippen LogP contribution in [0.2, 0.25) is 0 Å². The van der Waals surface area contributed by atoms with E-state index in [2.05, 4.69) is 0 Å². The SMILES string of the molecule is OB1OCc2ccc(C(O)c3ccccc3)cc21. The van der Waals surface area contributed by atoms with Crippen LogP contribution in [-0.2, 0) is 11.3 Å². The van der Waals surface area contributed by atoms with Gasteiger partial charge in [-0.25, -0.2) is 0 Å². The molecule has 0 bridgehead atoms. The van der Waals surface area contributed by atoms with Gasteiger partial charge in [-0.3, -0.25) is 0 Å². The number of fused-ring (bicyclic) bond motifs is 1. The minimum Gasteiger partial charge on any atom is -0.423 e. The highest BCUT2D eigenvalue weighted by atomic mass is 16.5. The van der Waals surface area contributed by atoms with E-state index >= 15 is 0 Å². The molecule has 0 aliphatic carbocycles. The number of aliphatic hydroxyl groups excluding tert-OH is 1. The molecule has 1 atom stereocenters. The molecule has 1 unspecified atom stereocenters. The predicted molar refractivity (Wildman–Crippen MR) is 69.3 cm³/mol. The molecular weight excluding hydrogens is 227 g/mol. The third-order valence-corrected chi connectivity index (χ3v) is 3.26. The first-order valence-corrected chi connectivity index (χ1v) is 5.91. The summed E-state index contributed by atoms with van der Waals surface area (Å²) in [5, 5.41) is 19.9. The summed E-state index contributed by atoms with van der Waals surface area (Å²) in [6.07, 6.45) is -0.677. The average Bonchev–Trinajstić information content (AvgIpc) is 2.80. The molecule has 3 nitrogen and oxygen atoms in total. The Morgan fingerprint density at radius 1 is 1.06 bits per heavy atom. The molecule has 0 radical (unpaired) electrons. The van der Waals surface area contributed by atoms with Gasteiger partial charge in [-0.2, -0.15) is 0 Å². The predicted octanol–water partition coefficient (Wildman–Crippen LogP) is 0.986. The smallest absolute Gasteiger partial charge is 0.423 e. The number of hydrogen-bond acceptors (Lipinski definition) is 3. The van der Waals surface area contributed by atoms with Crippen LogP contribution in [0.5, 0.6) is 0 Å². The van der Waals surface area contributed by atoms with Gasteiger partial charge in [-0.1, -0.05) is 48.5 Å². The van der Waals surface area contributed by atoms with Crippen molar-refractivity contribution >= 4 is 12.6 Å². The maximum atomic E-state index is 10.3. The molecule has 90 valence electrons. The molecule has 0 saturated carbocycles. The molecular formula is C14H13BO3. The standard InChI is InChI=1S/C14H13BO3/c16-14(10-4-2-1-3-5-10)11-6-7-12-9-18-15(17)13(12)8-11/h1-8,14,16-17H,9H2. The summed E-state index contributed by atoms with van der Waals surface area (Å²) in [6.45, 7) is 0.429. The Labute approximate surface area is 106 Å². The van der Waals surface area contributed by atoms with Crippen molar-refractivity contribution in [2.75, 3.05) is 0 Å². The molecule has 0 amide bonds. The maximum Gasteiger partial charge on any atom is 0.491 e. The van der Waals surface area contributed by atoms with Crippen molar-refractivity contribution in [2.24, 2.45) is 0 Å². The first-order valence-electron chi connectivity index (χ1n) is 5.91. The molecule has 0 saturated heterocycles. The van der Waals surface area contributed by atoms with E-state index in [9.17, 15) is 10.1 Å². The molecule has 1 aliphatic heterocycles. The highest BCUT2D eigenvalue weighted by molar-refractivity contribution is 6.61. The average molecular weight is 240 g/mol. The van der Waals surface area contributed by atoms with Gasteiger partial charge in [0.15, 0.2) is 0 Å². The van der Waals surface area contributed by atoms with Gasteiger partial charge in [0.1, 0.15) is 6.10 Å².